The Morgan fingerprint density at radius 1 is 1.00 bits per heavy atom. The number of aryl methyl sites for hydroxylation is 1. The average Bonchev–Trinajstić information content (AvgIpc) is 2.59. The smallest absolute Gasteiger partial charge is 0.334 e. The minimum absolute atomic E-state index is 0.0581. The Labute approximate surface area is 148 Å². The number of hydrogen-bond donors (Lipinski definition) is 2. The summed E-state index contributed by atoms with van der Waals surface area (Å²) in [6.07, 6.45) is 1.25. The molecule has 3 aromatic rings. The molecule has 0 saturated heterocycles. The van der Waals surface area contributed by atoms with Crippen molar-refractivity contribution in [1.29, 1.82) is 0 Å². The lowest BCUT2D eigenvalue weighted by Gasteiger charge is -2.11. The van der Waals surface area contributed by atoms with Gasteiger partial charge in [0.25, 0.3) is 0 Å². The highest BCUT2D eigenvalue weighted by Gasteiger charge is 2.23. The molecule has 7 nitrogen and oxygen atoms in total. The fourth-order valence-corrected chi connectivity index (χ4v) is 2.38. The zero-order chi connectivity index (χ0) is 17.8. The van der Waals surface area contributed by atoms with Crippen LogP contribution in [0.25, 0.3) is 0 Å². The van der Waals surface area contributed by atoms with E-state index in [1.807, 2.05) is 31.2 Å². The Hall–Kier alpha value is -3.19. The zero-order valence-corrected chi connectivity index (χ0v) is 14.0. The Bertz CT molecular complexity index is 915. The van der Waals surface area contributed by atoms with Crippen LogP contribution in [0.4, 0.5) is 28.7 Å². The second-order valence-corrected chi connectivity index (χ2v) is 5.68. The number of anilines is 4. The zero-order valence-electron chi connectivity index (χ0n) is 13.2. The molecule has 2 N–H and O–H groups in total. The maximum atomic E-state index is 11.6. The van der Waals surface area contributed by atoms with Gasteiger partial charge in [-0.3, -0.25) is 10.1 Å². The Morgan fingerprint density at radius 2 is 1.64 bits per heavy atom. The third-order valence-corrected chi connectivity index (χ3v) is 3.78. The van der Waals surface area contributed by atoms with Crippen LogP contribution in [0.15, 0.2) is 54.9 Å². The molecule has 0 radical (unpaired) electrons. The predicted octanol–water partition coefficient (Wildman–Crippen LogP) is 4.83. The summed E-state index contributed by atoms with van der Waals surface area (Å²) >= 11 is 6.10. The number of para-hydroxylation sites is 1. The maximum Gasteiger partial charge on any atom is 0.353 e. The number of benzene rings is 2. The van der Waals surface area contributed by atoms with Crippen LogP contribution >= 0.6 is 11.6 Å². The normalized spacial score (nSPS) is 10.3. The van der Waals surface area contributed by atoms with E-state index in [9.17, 15) is 10.1 Å². The van der Waals surface area contributed by atoms with Crippen molar-refractivity contribution < 1.29 is 4.92 Å². The molecule has 0 spiro atoms. The van der Waals surface area contributed by atoms with Crippen molar-refractivity contribution in [2.24, 2.45) is 0 Å². The van der Waals surface area contributed by atoms with Crippen molar-refractivity contribution in [3.8, 4) is 0 Å². The second kappa shape index (κ2) is 7.14. The third-order valence-electron chi connectivity index (χ3n) is 3.45. The summed E-state index contributed by atoms with van der Waals surface area (Å²) in [5, 5.41) is 17.9. The Kier molecular flexibility index (Phi) is 4.76. The van der Waals surface area contributed by atoms with Crippen molar-refractivity contribution >= 4 is 40.3 Å². The van der Waals surface area contributed by atoms with E-state index in [4.69, 9.17) is 11.6 Å². The predicted molar refractivity (Wildman–Crippen MR) is 97.9 cm³/mol. The van der Waals surface area contributed by atoms with Crippen molar-refractivity contribution in [3.63, 3.8) is 0 Å². The first-order chi connectivity index (χ1) is 12.0. The second-order valence-electron chi connectivity index (χ2n) is 5.27. The summed E-state index contributed by atoms with van der Waals surface area (Å²) in [6.45, 7) is 1.96. The van der Waals surface area contributed by atoms with E-state index in [-0.39, 0.29) is 17.3 Å². The van der Waals surface area contributed by atoms with E-state index >= 15 is 0 Å². The molecule has 25 heavy (non-hydrogen) atoms. The van der Waals surface area contributed by atoms with Crippen LogP contribution in [0.5, 0.6) is 0 Å². The largest absolute Gasteiger partial charge is 0.353 e. The van der Waals surface area contributed by atoms with Crippen LogP contribution in [0.1, 0.15) is 5.56 Å². The Balaban J connectivity index is 1.98. The summed E-state index contributed by atoms with van der Waals surface area (Å²) in [5.74, 6) is 0.154. The number of nitro groups is 1. The van der Waals surface area contributed by atoms with Gasteiger partial charge in [-0.1, -0.05) is 41.4 Å². The van der Waals surface area contributed by atoms with Gasteiger partial charge >= 0.3 is 5.69 Å². The van der Waals surface area contributed by atoms with E-state index in [1.165, 1.54) is 6.33 Å². The van der Waals surface area contributed by atoms with Crippen molar-refractivity contribution in [1.82, 2.24) is 9.97 Å². The van der Waals surface area contributed by atoms with Gasteiger partial charge in [-0.2, -0.15) is 0 Å². The summed E-state index contributed by atoms with van der Waals surface area (Å²) in [6, 6.07) is 14.4. The van der Waals surface area contributed by atoms with Crippen molar-refractivity contribution in [2.45, 2.75) is 6.92 Å². The lowest BCUT2D eigenvalue weighted by atomic mass is 10.2. The molecule has 0 atom stereocenters. The molecule has 8 heteroatoms. The molecule has 1 aromatic heterocycles. The van der Waals surface area contributed by atoms with E-state index in [1.54, 1.807) is 24.3 Å². The van der Waals surface area contributed by atoms with E-state index in [2.05, 4.69) is 20.6 Å². The van der Waals surface area contributed by atoms with Gasteiger partial charge in [-0.25, -0.2) is 9.97 Å². The first-order valence-electron chi connectivity index (χ1n) is 7.39. The molecule has 0 fully saturated rings. The molecule has 0 aliphatic heterocycles. The standard InChI is InChI=1S/C17H14ClN5O2/c1-11-6-8-12(9-7-11)21-16-15(23(24)25)17(20-10-19-16)22-14-5-3-2-4-13(14)18/h2-10H,1H3,(H2,19,20,21,22). The molecule has 126 valence electrons. The average molecular weight is 356 g/mol. The minimum atomic E-state index is -0.532. The van der Waals surface area contributed by atoms with E-state index < -0.39 is 4.92 Å². The quantitative estimate of drug-likeness (QED) is 0.502. The third kappa shape index (κ3) is 3.84. The van der Waals surface area contributed by atoms with Crippen molar-refractivity contribution in [3.05, 3.63) is 75.6 Å². The molecular formula is C17H14ClN5O2. The topological polar surface area (TPSA) is 93.0 Å². The van der Waals surface area contributed by atoms with Crippen LogP contribution in [-0.4, -0.2) is 14.9 Å². The van der Waals surface area contributed by atoms with Gasteiger partial charge in [0.15, 0.2) is 0 Å². The molecule has 0 aliphatic rings. The fraction of sp³-hybridized carbons (Fsp3) is 0.0588. The molecule has 0 bridgehead atoms. The lowest BCUT2D eigenvalue weighted by molar-refractivity contribution is -0.383. The van der Waals surface area contributed by atoms with Gasteiger partial charge in [-0.05, 0) is 31.2 Å². The summed E-state index contributed by atoms with van der Waals surface area (Å²) in [4.78, 5) is 19.0. The molecule has 3 rings (SSSR count). The SMILES string of the molecule is Cc1ccc(Nc2ncnc(Nc3ccccc3Cl)c2[N+](=O)[O-])cc1. The molecule has 0 aliphatic carbocycles. The molecule has 1 heterocycles. The fourth-order valence-electron chi connectivity index (χ4n) is 2.20. The first kappa shape index (κ1) is 16.7. The van der Waals surface area contributed by atoms with Gasteiger partial charge in [0.1, 0.15) is 6.33 Å². The number of nitrogens with one attached hydrogen (secondary N) is 2. The van der Waals surface area contributed by atoms with Gasteiger partial charge in [0.05, 0.1) is 15.6 Å². The lowest BCUT2D eigenvalue weighted by Crippen LogP contribution is -2.05. The van der Waals surface area contributed by atoms with Gasteiger partial charge in [-0.15, -0.1) is 0 Å². The highest BCUT2D eigenvalue weighted by Crippen LogP contribution is 2.34. The van der Waals surface area contributed by atoms with Gasteiger partial charge in [0.2, 0.25) is 11.6 Å². The molecule has 0 unspecified atom stereocenters. The van der Waals surface area contributed by atoms with Crippen LogP contribution in [0.3, 0.4) is 0 Å². The number of nitrogens with zero attached hydrogens (tertiary/aromatic N) is 3. The number of halogens is 1. The van der Waals surface area contributed by atoms with E-state index in [0.717, 1.165) is 5.56 Å². The minimum Gasteiger partial charge on any atom is -0.334 e. The number of hydrogen-bond acceptors (Lipinski definition) is 6. The van der Waals surface area contributed by atoms with Crippen molar-refractivity contribution in [2.75, 3.05) is 10.6 Å². The molecule has 0 amide bonds. The van der Waals surface area contributed by atoms with Gasteiger partial charge < -0.3 is 10.6 Å². The van der Waals surface area contributed by atoms with E-state index in [0.29, 0.717) is 16.4 Å². The van der Waals surface area contributed by atoms with Gasteiger partial charge in [0, 0.05) is 5.69 Å². The first-order valence-corrected chi connectivity index (χ1v) is 7.77. The molecule has 2 aromatic carbocycles. The van der Waals surface area contributed by atoms with Crippen LogP contribution < -0.4 is 10.6 Å². The monoisotopic (exact) mass is 355 g/mol. The number of aromatic nitrogens is 2. The number of rotatable bonds is 5. The van der Waals surface area contributed by atoms with Crippen LogP contribution in [0.2, 0.25) is 5.02 Å². The van der Waals surface area contributed by atoms with Crippen LogP contribution in [0, 0.1) is 17.0 Å². The van der Waals surface area contributed by atoms with Crippen LogP contribution in [-0.2, 0) is 0 Å². The molecular weight excluding hydrogens is 342 g/mol. The summed E-state index contributed by atoms with van der Waals surface area (Å²) in [7, 11) is 0. The molecule has 0 saturated carbocycles. The highest BCUT2D eigenvalue weighted by atomic mass is 35.5. The summed E-state index contributed by atoms with van der Waals surface area (Å²) in [5.41, 5.74) is 2.04. The Morgan fingerprint density at radius 3 is 2.28 bits per heavy atom. The summed E-state index contributed by atoms with van der Waals surface area (Å²) < 4.78 is 0. The highest BCUT2D eigenvalue weighted by molar-refractivity contribution is 6.33. The maximum absolute atomic E-state index is 11.6.